The van der Waals surface area contributed by atoms with E-state index in [0.29, 0.717) is 18.0 Å². The smallest absolute Gasteiger partial charge is 0.243 e. The number of sulfonamides is 1. The number of carbonyl (C=O) groups excluding carboxylic acids is 1. The molecule has 0 unspecified atom stereocenters. The molecule has 7 heteroatoms. The Morgan fingerprint density at radius 1 is 1.04 bits per heavy atom. The number of carbonyl (C=O) groups is 1. The Balaban J connectivity index is 1.54. The van der Waals surface area contributed by atoms with Gasteiger partial charge in [0.15, 0.2) is 0 Å². The molecule has 1 amide bonds. The zero-order valence-corrected chi connectivity index (χ0v) is 16.6. The van der Waals surface area contributed by atoms with Crippen LogP contribution in [0.25, 0.3) is 10.9 Å². The van der Waals surface area contributed by atoms with Crippen LogP contribution in [0.1, 0.15) is 32.1 Å². The van der Waals surface area contributed by atoms with E-state index in [9.17, 15) is 13.2 Å². The molecule has 0 spiro atoms. The lowest BCUT2D eigenvalue weighted by Gasteiger charge is -2.35. The quantitative estimate of drug-likeness (QED) is 0.811. The van der Waals surface area contributed by atoms with Gasteiger partial charge in [0.25, 0.3) is 0 Å². The minimum atomic E-state index is -3.59. The van der Waals surface area contributed by atoms with Crippen LogP contribution in [-0.2, 0) is 21.9 Å². The van der Waals surface area contributed by atoms with Gasteiger partial charge in [0.05, 0.1) is 10.8 Å². The molecule has 6 nitrogen and oxygen atoms in total. The van der Waals surface area contributed by atoms with Crippen LogP contribution in [0.5, 0.6) is 0 Å². The summed E-state index contributed by atoms with van der Waals surface area (Å²) < 4.78 is 29.8. The highest BCUT2D eigenvalue weighted by molar-refractivity contribution is 7.89. The van der Waals surface area contributed by atoms with E-state index in [-0.39, 0.29) is 11.8 Å². The second kappa shape index (κ2) is 7.28. The predicted octanol–water partition coefficient (Wildman–Crippen LogP) is 2.59. The molecule has 3 heterocycles. The fraction of sp³-hybridized carbons (Fsp3) is 0.550. The number of nitrogens with zero attached hydrogens (tertiary/aromatic N) is 3. The molecule has 2 aliphatic heterocycles. The van der Waals surface area contributed by atoms with Gasteiger partial charge in [-0.05, 0) is 56.4 Å². The third kappa shape index (κ3) is 3.50. The summed E-state index contributed by atoms with van der Waals surface area (Å²) in [7, 11) is -1.65. The van der Waals surface area contributed by atoms with Crippen molar-refractivity contribution >= 4 is 26.8 Å². The molecule has 2 fully saturated rings. The van der Waals surface area contributed by atoms with E-state index in [1.54, 1.807) is 12.1 Å². The molecule has 1 aromatic heterocycles. The Labute approximate surface area is 160 Å². The summed E-state index contributed by atoms with van der Waals surface area (Å²) in [5.41, 5.74) is 1.01. The van der Waals surface area contributed by atoms with E-state index in [2.05, 4.69) is 0 Å². The molecule has 0 bridgehead atoms. The highest BCUT2D eigenvalue weighted by atomic mass is 32.2. The van der Waals surface area contributed by atoms with Crippen LogP contribution < -0.4 is 0 Å². The molecule has 2 aliphatic rings. The molecule has 0 aliphatic carbocycles. The Hall–Kier alpha value is -1.86. The summed E-state index contributed by atoms with van der Waals surface area (Å²) in [5, 5.41) is 0.913. The van der Waals surface area contributed by atoms with Crippen molar-refractivity contribution in [2.75, 3.05) is 26.2 Å². The van der Waals surface area contributed by atoms with Crippen molar-refractivity contribution < 1.29 is 13.2 Å². The van der Waals surface area contributed by atoms with Crippen LogP contribution in [0, 0.1) is 5.92 Å². The van der Waals surface area contributed by atoms with E-state index < -0.39 is 10.0 Å². The van der Waals surface area contributed by atoms with Gasteiger partial charge in [-0.25, -0.2) is 8.42 Å². The van der Waals surface area contributed by atoms with Crippen LogP contribution >= 0.6 is 0 Å². The molecule has 0 saturated carbocycles. The molecule has 2 aromatic rings. The highest BCUT2D eigenvalue weighted by Crippen LogP contribution is 2.28. The standard InChI is InChI=1S/C20H27N3O3S/c1-21-13-9-16-14-18(7-8-19(16)21)27(25,26)23-12-5-6-17(15-23)20(24)22-10-3-2-4-11-22/h7-9,13-14,17H,2-6,10-12,15H2,1H3/t17-/m0/s1. The SMILES string of the molecule is Cn1ccc2cc(S(=O)(=O)N3CCC[C@H](C(=O)N4CCCCC4)C3)ccc21. The molecular formula is C20H27N3O3S. The van der Waals surface area contributed by atoms with Crippen molar-refractivity contribution in [2.45, 2.75) is 37.0 Å². The summed E-state index contributed by atoms with van der Waals surface area (Å²) in [6.07, 6.45) is 6.72. The first-order valence-electron chi connectivity index (χ1n) is 9.81. The number of rotatable bonds is 3. The Morgan fingerprint density at radius 2 is 1.81 bits per heavy atom. The average molecular weight is 390 g/mol. The van der Waals surface area contributed by atoms with Gasteiger partial charge in [-0.2, -0.15) is 4.31 Å². The first-order chi connectivity index (χ1) is 13.0. The van der Waals surface area contributed by atoms with Crippen LogP contribution in [-0.4, -0.2) is 54.3 Å². The summed E-state index contributed by atoms with van der Waals surface area (Å²) in [6, 6.07) is 7.18. The normalized spacial score (nSPS) is 22.3. The van der Waals surface area contributed by atoms with Gasteiger partial charge in [-0.15, -0.1) is 0 Å². The number of benzene rings is 1. The monoisotopic (exact) mass is 389 g/mol. The molecule has 146 valence electrons. The third-order valence-electron chi connectivity index (χ3n) is 5.90. The zero-order valence-electron chi connectivity index (χ0n) is 15.8. The molecule has 4 rings (SSSR count). The summed E-state index contributed by atoms with van der Waals surface area (Å²) in [6.45, 7) is 2.41. The minimum absolute atomic E-state index is 0.133. The number of aromatic nitrogens is 1. The summed E-state index contributed by atoms with van der Waals surface area (Å²) in [5.74, 6) is -0.0832. The molecule has 0 N–H and O–H groups in total. The maximum absolute atomic E-state index is 13.2. The van der Waals surface area contributed by atoms with Gasteiger partial charge in [0.2, 0.25) is 15.9 Å². The number of fused-ring (bicyclic) bond motifs is 1. The molecule has 1 aromatic carbocycles. The number of likely N-dealkylation sites (tertiary alicyclic amines) is 1. The van der Waals surface area contributed by atoms with Crippen molar-refractivity contribution in [3.05, 3.63) is 30.5 Å². The van der Waals surface area contributed by atoms with Crippen molar-refractivity contribution in [3.63, 3.8) is 0 Å². The zero-order chi connectivity index (χ0) is 19.0. The van der Waals surface area contributed by atoms with Crippen molar-refractivity contribution in [3.8, 4) is 0 Å². The van der Waals surface area contributed by atoms with Crippen LogP contribution in [0.15, 0.2) is 35.4 Å². The van der Waals surface area contributed by atoms with Gasteiger partial charge in [-0.3, -0.25) is 4.79 Å². The summed E-state index contributed by atoms with van der Waals surface area (Å²) >= 11 is 0. The van der Waals surface area contributed by atoms with Gasteiger partial charge in [-0.1, -0.05) is 0 Å². The van der Waals surface area contributed by atoms with Gasteiger partial charge in [0, 0.05) is 50.3 Å². The fourth-order valence-electron chi connectivity index (χ4n) is 4.30. The van der Waals surface area contributed by atoms with E-state index in [4.69, 9.17) is 0 Å². The van der Waals surface area contributed by atoms with E-state index in [1.807, 2.05) is 34.8 Å². The number of piperidine rings is 2. The van der Waals surface area contributed by atoms with Crippen LogP contribution in [0.2, 0.25) is 0 Å². The molecule has 27 heavy (non-hydrogen) atoms. The lowest BCUT2D eigenvalue weighted by molar-refractivity contribution is -0.137. The van der Waals surface area contributed by atoms with Gasteiger partial charge < -0.3 is 9.47 Å². The van der Waals surface area contributed by atoms with Gasteiger partial charge in [0.1, 0.15) is 0 Å². The summed E-state index contributed by atoms with van der Waals surface area (Å²) in [4.78, 5) is 15.1. The lowest BCUT2D eigenvalue weighted by atomic mass is 9.97. The lowest BCUT2D eigenvalue weighted by Crippen LogP contribution is -2.47. The number of aryl methyl sites for hydroxylation is 1. The number of hydrogen-bond acceptors (Lipinski definition) is 3. The van der Waals surface area contributed by atoms with E-state index >= 15 is 0 Å². The maximum Gasteiger partial charge on any atom is 0.243 e. The topological polar surface area (TPSA) is 62.6 Å². The Bertz CT molecular complexity index is 945. The van der Waals surface area contributed by atoms with Crippen molar-refractivity contribution in [2.24, 2.45) is 13.0 Å². The second-order valence-corrected chi connectivity index (χ2v) is 9.67. The van der Waals surface area contributed by atoms with E-state index in [0.717, 1.165) is 49.7 Å². The van der Waals surface area contributed by atoms with Crippen molar-refractivity contribution in [1.29, 1.82) is 0 Å². The maximum atomic E-state index is 13.2. The third-order valence-corrected chi connectivity index (χ3v) is 7.76. The molecule has 1 atom stereocenters. The van der Waals surface area contributed by atoms with Gasteiger partial charge >= 0.3 is 0 Å². The molecule has 0 radical (unpaired) electrons. The molecular weight excluding hydrogens is 362 g/mol. The van der Waals surface area contributed by atoms with Crippen LogP contribution in [0.4, 0.5) is 0 Å². The van der Waals surface area contributed by atoms with E-state index in [1.165, 1.54) is 10.7 Å². The average Bonchev–Trinajstić information content (AvgIpc) is 3.08. The van der Waals surface area contributed by atoms with Crippen molar-refractivity contribution in [1.82, 2.24) is 13.8 Å². The number of amides is 1. The Morgan fingerprint density at radius 3 is 2.59 bits per heavy atom. The number of hydrogen-bond donors (Lipinski definition) is 0. The second-order valence-electron chi connectivity index (χ2n) is 7.74. The first kappa shape index (κ1) is 18.5. The van der Waals surface area contributed by atoms with Crippen LogP contribution in [0.3, 0.4) is 0 Å². The minimum Gasteiger partial charge on any atom is -0.351 e. The first-order valence-corrected chi connectivity index (χ1v) is 11.2. The highest BCUT2D eigenvalue weighted by Gasteiger charge is 2.35. The molecule has 2 saturated heterocycles. The largest absolute Gasteiger partial charge is 0.351 e. The fourth-order valence-corrected chi connectivity index (χ4v) is 5.86. The Kier molecular flexibility index (Phi) is 4.99. The predicted molar refractivity (Wildman–Crippen MR) is 105 cm³/mol.